The number of aryl methyl sites for hydroxylation is 2. The number of carbonyl (C=O) groups excluding carboxylic acids is 1. The van der Waals surface area contributed by atoms with E-state index in [-0.39, 0.29) is 5.78 Å². The Morgan fingerprint density at radius 3 is 1.84 bits per heavy atom. The Hall–Kier alpha value is -4.30. The quantitative estimate of drug-likeness (QED) is 0.0939. The molecule has 2 nitrogen and oxygen atoms in total. The third kappa shape index (κ3) is 4.75. The zero-order chi connectivity index (χ0) is 25.0. The summed E-state index contributed by atoms with van der Waals surface area (Å²) in [5.41, 5.74) is 3.45. The maximum absolute atomic E-state index is 13.0. The van der Waals surface area contributed by atoms with Crippen molar-refractivity contribution in [3.63, 3.8) is 0 Å². The second-order valence-corrected chi connectivity index (χ2v) is 9.77. The third-order valence-electron chi connectivity index (χ3n) is 7.44. The van der Waals surface area contributed by atoms with E-state index in [0.717, 1.165) is 31.2 Å². The molecule has 0 spiro atoms. The van der Waals surface area contributed by atoms with Gasteiger partial charge in [0.25, 0.3) is 0 Å². The molecule has 0 saturated heterocycles. The summed E-state index contributed by atoms with van der Waals surface area (Å²) in [5.74, 6) is 0.143. The van der Waals surface area contributed by atoms with E-state index in [1.807, 2.05) is 30.3 Å². The summed E-state index contributed by atoms with van der Waals surface area (Å²) in [7, 11) is 0. The average molecular weight is 481 g/mol. The van der Waals surface area contributed by atoms with Crippen LogP contribution in [0.1, 0.15) is 34.5 Å². The van der Waals surface area contributed by atoms with Gasteiger partial charge < -0.3 is 0 Å². The number of pyridine rings is 1. The highest BCUT2D eigenvalue weighted by Crippen LogP contribution is 2.30. The van der Waals surface area contributed by atoms with Crippen molar-refractivity contribution in [1.82, 2.24) is 0 Å². The Morgan fingerprint density at radius 1 is 0.568 bits per heavy atom. The number of fused-ring (bicyclic) bond motifs is 3. The number of benzene rings is 5. The van der Waals surface area contributed by atoms with E-state index >= 15 is 0 Å². The molecule has 6 rings (SSSR count). The second kappa shape index (κ2) is 10.4. The van der Waals surface area contributed by atoms with Crippen molar-refractivity contribution in [3.05, 3.63) is 138 Å². The van der Waals surface area contributed by atoms with Crippen LogP contribution in [0.3, 0.4) is 0 Å². The summed E-state index contributed by atoms with van der Waals surface area (Å²) >= 11 is 0. The van der Waals surface area contributed by atoms with E-state index in [9.17, 15) is 4.79 Å². The van der Waals surface area contributed by atoms with Gasteiger partial charge in [-0.05, 0) is 63.9 Å². The van der Waals surface area contributed by atoms with Crippen LogP contribution < -0.4 is 4.57 Å². The summed E-state index contributed by atoms with van der Waals surface area (Å²) in [6.07, 6.45) is 6.21. The molecule has 1 heterocycles. The van der Waals surface area contributed by atoms with Gasteiger partial charge in [-0.3, -0.25) is 4.79 Å². The average Bonchev–Trinajstić information content (AvgIpc) is 2.96. The fourth-order valence-electron chi connectivity index (χ4n) is 5.59. The molecule has 6 aromatic rings. The number of nitrogens with zero attached hydrogens (tertiary/aromatic N) is 1. The molecular weight excluding hydrogens is 450 g/mol. The maximum Gasteiger partial charge on any atom is 0.227 e. The number of aromatic nitrogens is 1. The van der Waals surface area contributed by atoms with Crippen LogP contribution in [-0.2, 0) is 19.4 Å². The molecule has 0 saturated carbocycles. The summed E-state index contributed by atoms with van der Waals surface area (Å²) < 4.78 is 2.16. The van der Waals surface area contributed by atoms with Crippen molar-refractivity contribution in [2.45, 2.75) is 32.2 Å². The number of carbonyl (C=O) groups is 1. The van der Waals surface area contributed by atoms with Crippen molar-refractivity contribution < 1.29 is 9.36 Å². The van der Waals surface area contributed by atoms with Gasteiger partial charge in [-0.1, -0.05) is 97.1 Å². The van der Waals surface area contributed by atoms with Crippen LogP contribution >= 0.6 is 0 Å². The summed E-state index contributed by atoms with van der Waals surface area (Å²) in [4.78, 5) is 13.0. The van der Waals surface area contributed by atoms with Crippen LogP contribution in [0.25, 0.3) is 32.3 Å². The number of hydrogen-bond donors (Lipinski definition) is 0. The molecule has 0 atom stereocenters. The van der Waals surface area contributed by atoms with Crippen LogP contribution in [-0.4, -0.2) is 5.78 Å². The molecule has 0 amide bonds. The fourth-order valence-corrected chi connectivity index (χ4v) is 5.59. The first-order chi connectivity index (χ1) is 18.3. The Kier molecular flexibility index (Phi) is 6.47. The molecular formula is C35H30NO+. The molecule has 180 valence electrons. The SMILES string of the molecule is O=C(C[n+]1ccc2ccccc2c1CCCCc1c2ccccc2cc2ccccc12)c1ccccc1. The lowest BCUT2D eigenvalue weighted by molar-refractivity contribution is -0.689. The van der Waals surface area contributed by atoms with E-state index in [4.69, 9.17) is 0 Å². The minimum absolute atomic E-state index is 0.143. The zero-order valence-electron chi connectivity index (χ0n) is 20.9. The lowest BCUT2D eigenvalue weighted by atomic mass is 9.93. The minimum atomic E-state index is 0.143. The third-order valence-corrected chi connectivity index (χ3v) is 7.44. The number of rotatable bonds is 8. The zero-order valence-corrected chi connectivity index (χ0v) is 20.9. The first kappa shape index (κ1) is 23.1. The standard InChI is InChI=1S/C35H30NO/c37-35(27-13-2-1-3-14-27)25-36-23-22-26-12-4-9-19-32(26)34(36)21-11-10-20-33-30-17-7-5-15-28(30)24-29-16-6-8-18-31(29)33/h1-9,12-19,22-24H,10-11,20-21,25H2/q+1. The number of hydrogen-bond acceptors (Lipinski definition) is 1. The first-order valence-corrected chi connectivity index (χ1v) is 13.2. The van der Waals surface area contributed by atoms with Crippen LogP contribution in [0, 0.1) is 0 Å². The molecule has 5 aromatic carbocycles. The van der Waals surface area contributed by atoms with Gasteiger partial charge in [-0.2, -0.15) is 4.57 Å². The second-order valence-electron chi connectivity index (χ2n) is 9.77. The molecule has 0 aliphatic rings. The molecule has 0 N–H and O–H groups in total. The van der Waals surface area contributed by atoms with Crippen molar-refractivity contribution in [2.75, 3.05) is 0 Å². The lowest BCUT2D eigenvalue weighted by Gasteiger charge is -2.12. The summed E-state index contributed by atoms with van der Waals surface area (Å²) in [5, 5.41) is 7.79. The van der Waals surface area contributed by atoms with Crippen LogP contribution in [0.2, 0.25) is 0 Å². The van der Waals surface area contributed by atoms with Gasteiger partial charge in [0.2, 0.25) is 12.3 Å². The van der Waals surface area contributed by atoms with E-state index in [2.05, 4.69) is 95.7 Å². The highest BCUT2D eigenvalue weighted by molar-refractivity contribution is 6.02. The summed E-state index contributed by atoms with van der Waals surface area (Å²) in [6, 6.07) is 40.0. The molecule has 0 aliphatic carbocycles. The fraction of sp³-hybridized carbons (Fsp3) is 0.143. The number of ketones is 1. The molecule has 2 heteroatoms. The topological polar surface area (TPSA) is 20.9 Å². The van der Waals surface area contributed by atoms with Crippen molar-refractivity contribution >= 4 is 38.1 Å². The van der Waals surface area contributed by atoms with Gasteiger partial charge in [0.15, 0.2) is 11.9 Å². The Labute approximate surface area is 217 Å². The summed E-state index contributed by atoms with van der Waals surface area (Å²) in [6.45, 7) is 0.359. The van der Waals surface area contributed by atoms with Gasteiger partial charge in [0, 0.05) is 23.4 Å². The predicted octanol–water partition coefficient (Wildman–Crippen LogP) is 7.88. The highest BCUT2D eigenvalue weighted by atomic mass is 16.1. The van der Waals surface area contributed by atoms with Crippen molar-refractivity contribution in [2.24, 2.45) is 0 Å². The predicted molar refractivity (Wildman–Crippen MR) is 153 cm³/mol. The number of Topliss-reactive ketones (excluding diaryl/α,β-unsaturated/α-hetero) is 1. The van der Waals surface area contributed by atoms with Crippen LogP contribution in [0.4, 0.5) is 0 Å². The smallest absolute Gasteiger partial charge is 0.227 e. The van der Waals surface area contributed by atoms with Crippen molar-refractivity contribution in [1.29, 1.82) is 0 Å². The first-order valence-electron chi connectivity index (χ1n) is 13.2. The highest BCUT2D eigenvalue weighted by Gasteiger charge is 2.19. The molecule has 0 fully saturated rings. The van der Waals surface area contributed by atoms with Gasteiger partial charge >= 0.3 is 0 Å². The molecule has 0 bridgehead atoms. The van der Waals surface area contributed by atoms with Crippen LogP contribution in [0.5, 0.6) is 0 Å². The largest absolute Gasteiger partial charge is 0.287 e. The van der Waals surface area contributed by atoms with E-state index in [0.29, 0.717) is 6.54 Å². The molecule has 37 heavy (non-hydrogen) atoms. The van der Waals surface area contributed by atoms with Gasteiger partial charge in [-0.15, -0.1) is 0 Å². The van der Waals surface area contributed by atoms with Gasteiger partial charge in [0.1, 0.15) is 0 Å². The lowest BCUT2D eigenvalue weighted by Crippen LogP contribution is -2.42. The van der Waals surface area contributed by atoms with Gasteiger partial charge in [-0.25, -0.2) is 0 Å². The molecule has 0 aliphatic heterocycles. The number of unbranched alkanes of at least 4 members (excludes halogenated alkanes) is 1. The van der Waals surface area contributed by atoms with E-state index in [1.54, 1.807) is 0 Å². The van der Waals surface area contributed by atoms with Crippen LogP contribution in [0.15, 0.2) is 121 Å². The Balaban J connectivity index is 1.26. The normalized spacial score (nSPS) is 11.4. The Morgan fingerprint density at radius 2 is 1.14 bits per heavy atom. The molecule has 0 radical (unpaired) electrons. The van der Waals surface area contributed by atoms with E-state index < -0.39 is 0 Å². The molecule has 0 unspecified atom stereocenters. The molecule has 1 aromatic heterocycles. The van der Waals surface area contributed by atoms with E-state index in [1.165, 1.54) is 43.6 Å². The monoisotopic (exact) mass is 480 g/mol. The minimum Gasteiger partial charge on any atom is -0.287 e. The maximum atomic E-state index is 13.0. The van der Waals surface area contributed by atoms with Crippen molar-refractivity contribution in [3.8, 4) is 0 Å². The Bertz CT molecular complexity index is 1660. The van der Waals surface area contributed by atoms with Gasteiger partial charge in [0.05, 0.1) is 0 Å².